The van der Waals surface area contributed by atoms with Gasteiger partial charge in [-0.1, -0.05) is 11.6 Å². The molecule has 6 rings (SSSR count). The second-order valence-corrected chi connectivity index (χ2v) is 10.1. The van der Waals surface area contributed by atoms with E-state index in [0.29, 0.717) is 10.2 Å². The first-order valence-electron chi connectivity index (χ1n) is 10.1. The Kier molecular flexibility index (Phi) is 4.82. The molecular formula is C21H23ClN4O2S. The van der Waals surface area contributed by atoms with E-state index in [1.807, 2.05) is 0 Å². The molecule has 2 aromatic heterocycles. The van der Waals surface area contributed by atoms with Crippen molar-refractivity contribution in [1.29, 1.82) is 0 Å². The van der Waals surface area contributed by atoms with Gasteiger partial charge in [-0.25, -0.2) is 4.98 Å². The van der Waals surface area contributed by atoms with Crippen LogP contribution in [0, 0.1) is 17.8 Å². The van der Waals surface area contributed by atoms with Crippen LogP contribution in [0.5, 0.6) is 0 Å². The third kappa shape index (κ3) is 3.78. The summed E-state index contributed by atoms with van der Waals surface area (Å²) in [6.07, 6.45) is 9.39. The lowest BCUT2D eigenvalue weighted by atomic mass is 9.49. The largest absolute Gasteiger partial charge is 0.342 e. The number of aromatic nitrogens is 2. The number of halogens is 1. The summed E-state index contributed by atoms with van der Waals surface area (Å²) in [5.74, 6) is 1.84. The molecule has 4 aliphatic rings. The summed E-state index contributed by atoms with van der Waals surface area (Å²) in [4.78, 5) is 33.1. The van der Waals surface area contributed by atoms with Crippen LogP contribution in [0.3, 0.4) is 0 Å². The molecule has 29 heavy (non-hydrogen) atoms. The Morgan fingerprint density at radius 2 is 1.86 bits per heavy atom. The number of anilines is 1. The minimum Gasteiger partial charge on any atom is -0.342 e. The molecule has 4 saturated carbocycles. The van der Waals surface area contributed by atoms with Gasteiger partial charge in [-0.3, -0.25) is 14.6 Å². The average molecular weight is 431 g/mol. The second kappa shape index (κ2) is 7.36. The SMILES string of the molecule is O=C(CNC(=O)c1cc(Cl)ccn1)Nc1nc(C23CC4CC(CC(C4)C2)C3)cs1. The Morgan fingerprint density at radius 1 is 1.17 bits per heavy atom. The summed E-state index contributed by atoms with van der Waals surface area (Å²) in [6, 6.07) is 3.06. The van der Waals surface area contributed by atoms with Crippen LogP contribution >= 0.6 is 22.9 Å². The van der Waals surface area contributed by atoms with E-state index in [1.54, 1.807) is 6.07 Å². The standard InChI is InChI=1S/C21H23ClN4O2S/c22-15-1-2-23-16(6-15)19(28)24-10-18(27)26-20-25-17(11-29-20)21-7-12-3-13(8-21)5-14(4-12)9-21/h1-2,6,11-14H,3-5,7-10H2,(H,24,28)(H,25,26,27). The first kappa shape index (κ1) is 19.0. The average Bonchev–Trinajstić information content (AvgIpc) is 3.14. The van der Waals surface area contributed by atoms with Crippen molar-refractivity contribution in [1.82, 2.24) is 15.3 Å². The van der Waals surface area contributed by atoms with E-state index in [1.165, 1.54) is 62.1 Å². The maximum Gasteiger partial charge on any atom is 0.270 e. The lowest BCUT2D eigenvalue weighted by molar-refractivity contribution is -0.115. The minimum absolute atomic E-state index is 0.140. The number of rotatable bonds is 5. The molecule has 2 amide bonds. The molecule has 4 fully saturated rings. The summed E-state index contributed by atoms with van der Waals surface area (Å²) in [5.41, 5.74) is 1.56. The molecule has 0 atom stereocenters. The molecule has 0 saturated heterocycles. The maximum absolute atomic E-state index is 12.3. The molecule has 2 heterocycles. The lowest BCUT2D eigenvalue weighted by Gasteiger charge is -2.56. The third-order valence-electron chi connectivity index (χ3n) is 6.70. The normalized spacial score (nSPS) is 29.6. The Bertz CT molecular complexity index is 924. The molecule has 8 heteroatoms. The first-order chi connectivity index (χ1) is 14.0. The van der Waals surface area contributed by atoms with Crippen molar-refractivity contribution >= 4 is 39.9 Å². The molecule has 2 N–H and O–H groups in total. The molecule has 4 bridgehead atoms. The highest BCUT2D eigenvalue weighted by molar-refractivity contribution is 7.14. The van der Waals surface area contributed by atoms with Gasteiger partial charge in [0.15, 0.2) is 5.13 Å². The van der Waals surface area contributed by atoms with Crippen LogP contribution in [0.15, 0.2) is 23.7 Å². The molecule has 0 aromatic carbocycles. The predicted molar refractivity (Wildman–Crippen MR) is 112 cm³/mol. The van der Waals surface area contributed by atoms with Gasteiger partial charge in [-0.05, 0) is 68.4 Å². The third-order valence-corrected chi connectivity index (χ3v) is 7.69. The maximum atomic E-state index is 12.3. The number of nitrogens with zero attached hydrogens (tertiary/aromatic N) is 2. The molecule has 0 unspecified atom stereocenters. The van der Waals surface area contributed by atoms with Crippen LogP contribution in [0.1, 0.15) is 54.7 Å². The quantitative estimate of drug-likeness (QED) is 0.750. The van der Waals surface area contributed by atoms with Crippen LogP contribution in [-0.2, 0) is 10.2 Å². The Hall–Kier alpha value is -1.99. The molecule has 6 nitrogen and oxygen atoms in total. The van der Waals surface area contributed by atoms with Crippen LogP contribution in [0.4, 0.5) is 5.13 Å². The van der Waals surface area contributed by atoms with E-state index in [9.17, 15) is 9.59 Å². The van der Waals surface area contributed by atoms with Crippen molar-refractivity contribution in [3.8, 4) is 0 Å². The number of carbonyl (C=O) groups is 2. The minimum atomic E-state index is -0.434. The van der Waals surface area contributed by atoms with Crippen LogP contribution in [0.2, 0.25) is 5.02 Å². The second-order valence-electron chi connectivity index (χ2n) is 8.83. The Labute approximate surface area is 178 Å². The monoisotopic (exact) mass is 430 g/mol. The smallest absolute Gasteiger partial charge is 0.270 e. The lowest BCUT2D eigenvalue weighted by Crippen LogP contribution is -2.48. The number of nitrogens with one attached hydrogen (secondary N) is 2. The van der Waals surface area contributed by atoms with Gasteiger partial charge >= 0.3 is 0 Å². The van der Waals surface area contributed by atoms with E-state index >= 15 is 0 Å². The molecule has 0 aliphatic heterocycles. The fourth-order valence-electron chi connectivity index (χ4n) is 5.94. The van der Waals surface area contributed by atoms with E-state index in [0.717, 1.165) is 23.4 Å². The van der Waals surface area contributed by atoms with Gasteiger partial charge in [0.05, 0.1) is 12.2 Å². The zero-order valence-electron chi connectivity index (χ0n) is 16.0. The van der Waals surface area contributed by atoms with E-state index in [4.69, 9.17) is 16.6 Å². The van der Waals surface area contributed by atoms with Gasteiger partial charge in [0.2, 0.25) is 5.91 Å². The van der Waals surface area contributed by atoms with Crippen molar-refractivity contribution < 1.29 is 9.59 Å². The number of thiazole rings is 1. The van der Waals surface area contributed by atoms with E-state index in [-0.39, 0.29) is 23.6 Å². The van der Waals surface area contributed by atoms with Crippen molar-refractivity contribution in [2.45, 2.75) is 43.9 Å². The van der Waals surface area contributed by atoms with Gasteiger partial charge in [-0.2, -0.15) is 0 Å². The van der Waals surface area contributed by atoms with Crippen molar-refractivity contribution in [3.05, 3.63) is 40.1 Å². The Balaban J connectivity index is 1.19. The van der Waals surface area contributed by atoms with Gasteiger partial charge in [-0.15, -0.1) is 11.3 Å². The number of hydrogen-bond acceptors (Lipinski definition) is 5. The summed E-state index contributed by atoms with van der Waals surface area (Å²) >= 11 is 7.34. The van der Waals surface area contributed by atoms with Gasteiger partial charge in [0, 0.05) is 22.0 Å². The summed E-state index contributed by atoms with van der Waals surface area (Å²) < 4.78 is 0. The summed E-state index contributed by atoms with van der Waals surface area (Å²) in [6.45, 7) is -0.140. The van der Waals surface area contributed by atoms with Crippen LogP contribution in [0.25, 0.3) is 0 Å². The zero-order chi connectivity index (χ0) is 20.0. The number of amides is 2. The van der Waals surface area contributed by atoms with Crippen molar-refractivity contribution in [2.75, 3.05) is 11.9 Å². The van der Waals surface area contributed by atoms with Crippen LogP contribution < -0.4 is 10.6 Å². The first-order valence-corrected chi connectivity index (χ1v) is 11.4. The summed E-state index contributed by atoms with van der Waals surface area (Å²) in [5, 5.41) is 8.54. The zero-order valence-corrected chi connectivity index (χ0v) is 17.6. The van der Waals surface area contributed by atoms with Gasteiger partial charge in [0.1, 0.15) is 5.69 Å². The molecule has 4 aliphatic carbocycles. The van der Waals surface area contributed by atoms with Crippen molar-refractivity contribution in [3.63, 3.8) is 0 Å². The Morgan fingerprint density at radius 3 is 2.52 bits per heavy atom. The highest BCUT2D eigenvalue weighted by atomic mass is 35.5. The topological polar surface area (TPSA) is 84.0 Å². The highest BCUT2D eigenvalue weighted by Gasteiger charge is 2.52. The summed E-state index contributed by atoms with van der Waals surface area (Å²) in [7, 11) is 0. The fraction of sp³-hybridized carbons (Fsp3) is 0.524. The number of hydrogen-bond donors (Lipinski definition) is 2. The molecule has 2 aromatic rings. The molecule has 0 radical (unpaired) electrons. The van der Waals surface area contributed by atoms with Crippen molar-refractivity contribution in [2.24, 2.45) is 17.8 Å². The molecule has 152 valence electrons. The highest BCUT2D eigenvalue weighted by Crippen LogP contribution is 2.60. The molecular weight excluding hydrogens is 408 g/mol. The number of carbonyl (C=O) groups excluding carboxylic acids is 2. The fourth-order valence-corrected chi connectivity index (χ4v) is 6.95. The van der Waals surface area contributed by atoms with E-state index < -0.39 is 5.91 Å². The predicted octanol–water partition coefficient (Wildman–Crippen LogP) is 4.03. The van der Waals surface area contributed by atoms with Gasteiger partial charge in [0.25, 0.3) is 5.91 Å². The number of pyridine rings is 1. The van der Waals surface area contributed by atoms with E-state index in [2.05, 4.69) is 21.0 Å². The van der Waals surface area contributed by atoms with Crippen LogP contribution in [-0.4, -0.2) is 28.3 Å². The molecule has 0 spiro atoms. The van der Waals surface area contributed by atoms with Gasteiger partial charge < -0.3 is 10.6 Å².